The van der Waals surface area contributed by atoms with Crippen molar-refractivity contribution in [1.29, 1.82) is 0 Å². The number of esters is 4. The van der Waals surface area contributed by atoms with Gasteiger partial charge in [-0.2, -0.15) is 0 Å². The number of rotatable bonds is 10. The van der Waals surface area contributed by atoms with Crippen LogP contribution in [0.15, 0.2) is 12.2 Å². The molecule has 0 saturated heterocycles. The molecular formula is C19H23NO9S. The number of amides is 1. The molecule has 1 amide bonds. The predicted octanol–water partition coefficient (Wildman–Crippen LogP) is 2.01. The molecule has 1 aromatic heterocycles. The molecule has 0 aromatic carbocycles. The number of carbonyl (C=O) groups excluding carboxylic acids is 5. The molecule has 30 heavy (non-hydrogen) atoms. The zero-order valence-electron chi connectivity index (χ0n) is 17.1. The topological polar surface area (TPSA) is 134 Å². The van der Waals surface area contributed by atoms with E-state index in [1.54, 1.807) is 20.8 Å². The lowest BCUT2D eigenvalue weighted by atomic mass is 10.1. The van der Waals surface area contributed by atoms with Crippen molar-refractivity contribution in [3.8, 4) is 0 Å². The van der Waals surface area contributed by atoms with Crippen LogP contribution in [0, 0.1) is 6.92 Å². The normalized spacial score (nSPS) is 10.4. The summed E-state index contributed by atoms with van der Waals surface area (Å²) < 4.78 is 19.3. The summed E-state index contributed by atoms with van der Waals surface area (Å²) >= 11 is 0.848. The second-order valence-electron chi connectivity index (χ2n) is 5.44. The number of nitrogens with one attached hydrogen (secondary N) is 1. The Labute approximate surface area is 177 Å². The van der Waals surface area contributed by atoms with Gasteiger partial charge in [-0.15, -0.1) is 11.3 Å². The van der Waals surface area contributed by atoms with E-state index in [9.17, 15) is 24.0 Å². The van der Waals surface area contributed by atoms with Crippen molar-refractivity contribution in [2.24, 2.45) is 0 Å². The third-order valence-electron chi connectivity index (χ3n) is 3.33. The fourth-order valence-corrected chi connectivity index (χ4v) is 3.22. The predicted molar refractivity (Wildman–Crippen MR) is 106 cm³/mol. The van der Waals surface area contributed by atoms with E-state index in [2.05, 4.69) is 10.1 Å². The van der Waals surface area contributed by atoms with Crippen LogP contribution in [0.25, 0.3) is 0 Å². The minimum atomic E-state index is -0.932. The fraction of sp³-hybridized carbons (Fsp3) is 0.421. The molecule has 0 aliphatic heterocycles. The SMILES string of the molecule is CCOC(=O)C=CC(=O)OCC(=O)Nc1sc(C(=O)OCC)c(C)c1C(=O)OCC. The van der Waals surface area contributed by atoms with E-state index in [0.29, 0.717) is 5.56 Å². The summed E-state index contributed by atoms with van der Waals surface area (Å²) in [6.45, 7) is 6.11. The van der Waals surface area contributed by atoms with Gasteiger partial charge in [0.1, 0.15) is 9.88 Å². The Balaban J connectivity index is 2.89. The molecule has 164 valence electrons. The first-order chi connectivity index (χ1) is 14.2. The molecule has 0 saturated carbocycles. The lowest BCUT2D eigenvalue weighted by Crippen LogP contribution is -2.21. The van der Waals surface area contributed by atoms with Gasteiger partial charge in [-0.25, -0.2) is 19.2 Å². The van der Waals surface area contributed by atoms with Crippen molar-refractivity contribution < 1.29 is 42.9 Å². The Morgan fingerprint density at radius 2 is 1.37 bits per heavy atom. The van der Waals surface area contributed by atoms with Gasteiger partial charge in [0.05, 0.1) is 25.4 Å². The van der Waals surface area contributed by atoms with Gasteiger partial charge in [0, 0.05) is 12.2 Å². The molecule has 0 spiro atoms. The summed E-state index contributed by atoms with van der Waals surface area (Å²) in [6, 6.07) is 0. The maximum Gasteiger partial charge on any atom is 0.348 e. The number of hydrogen-bond donors (Lipinski definition) is 1. The molecule has 0 bridgehead atoms. The number of thiophene rings is 1. The first-order valence-electron chi connectivity index (χ1n) is 9.04. The van der Waals surface area contributed by atoms with Crippen molar-refractivity contribution in [3.63, 3.8) is 0 Å². The standard InChI is InChI=1S/C19H23NO9S/c1-5-26-13(22)8-9-14(23)29-10-12(21)20-17-15(18(24)27-6-2)11(4)16(30-17)19(25)28-7-3/h8-9H,5-7,10H2,1-4H3,(H,20,21). The number of anilines is 1. The molecule has 1 heterocycles. The lowest BCUT2D eigenvalue weighted by Gasteiger charge is -2.07. The van der Waals surface area contributed by atoms with Gasteiger partial charge in [-0.1, -0.05) is 0 Å². The summed E-state index contributed by atoms with van der Waals surface area (Å²) in [7, 11) is 0. The summed E-state index contributed by atoms with van der Waals surface area (Å²) in [6.07, 6.45) is 1.69. The quantitative estimate of drug-likeness (QED) is 0.329. The number of ether oxygens (including phenoxy) is 4. The van der Waals surface area contributed by atoms with Gasteiger partial charge in [0.2, 0.25) is 0 Å². The van der Waals surface area contributed by atoms with Crippen molar-refractivity contribution in [2.75, 3.05) is 31.7 Å². The average Bonchev–Trinajstić information content (AvgIpc) is 3.01. The number of hydrogen-bond acceptors (Lipinski definition) is 10. The van der Waals surface area contributed by atoms with E-state index >= 15 is 0 Å². The van der Waals surface area contributed by atoms with Gasteiger partial charge in [-0.05, 0) is 33.3 Å². The molecule has 11 heteroatoms. The van der Waals surface area contributed by atoms with Crippen LogP contribution in [0.4, 0.5) is 5.00 Å². The first kappa shape index (κ1) is 24.8. The van der Waals surface area contributed by atoms with E-state index in [0.717, 1.165) is 23.5 Å². The molecule has 10 nitrogen and oxygen atoms in total. The summed E-state index contributed by atoms with van der Waals surface area (Å²) in [5, 5.41) is 2.49. The molecule has 0 fully saturated rings. The zero-order chi connectivity index (χ0) is 22.7. The van der Waals surface area contributed by atoms with Crippen LogP contribution in [0.3, 0.4) is 0 Å². The number of carbonyl (C=O) groups is 5. The van der Waals surface area contributed by atoms with Crippen molar-refractivity contribution >= 4 is 46.1 Å². The van der Waals surface area contributed by atoms with E-state index in [1.807, 2.05) is 0 Å². The van der Waals surface area contributed by atoms with E-state index in [4.69, 9.17) is 14.2 Å². The average molecular weight is 441 g/mol. The highest BCUT2D eigenvalue weighted by Gasteiger charge is 2.27. The Bertz CT molecular complexity index is 841. The fourth-order valence-electron chi connectivity index (χ4n) is 2.12. The second kappa shape index (κ2) is 12.4. The molecule has 1 N–H and O–H groups in total. The zero-order valence-corrected chi connectivity index (χ0v) is 17.9. The van der Waals surface area contributed by atoms with Crippen LogP contribution < -0.4 is 5.32 Å². The van der Waals surface area contributed by atoms with Gasteiger partial charge >= 0.3 is 23.9 Å². The minimum Gasteiger partial charge on any atom is -0.463 e. The summed E-state index contributed by atoms with van der Waals surface area (Å²) in [5.74, 6) is -3.76. The Hall–Kier alpha value is -3.21. The summed E-state index contributed by atoms with van der Waals surface area (Å²) in [5.41, 5.74) is 0.327. The molecule has 1 rings (SSSR count). The highest BCUT2D eigenvalue weighted by Crippen LogP contribution is 2.34. The van der Waals surface area contributed by atoms with Gasteiger partial charge < -0.3 is 24.3 Å². The Morgan fingerprint density at radius 1 is 0.833 bits per heavy atom. The highest BCUT2D eigenvalue weighted by molar-refractivity contribution is 7.18. The molecule has 1 aromatic rings. The summed E-state index contributed by atoms with van der Waals surface area (Å²) in [4.78, 5) is 59.4. The van der Waals surface area contributed by atoms with Crippen molar-refractivity contribution in [3.05, 3.63) is 28.2 Å². The van der Waals surface area contributed by atoms with Crippen LogP contribution in [-0.4, -0.2) is 56.2 Å². The first-order valence-corrected chi connectivity index (χ1v) is 9.85. The minimum absolute atomic E-state index is 0.0202. The van der Waals surface area contributed by atoms with E-state index < -0.39 is 36.4 Å². The molecule has 0 atom stereocenters. The third-order valence-corrected chi connectivity index (χ3v) is 4.52. The maximum atomic E-state index is 12.3. The maximum absolute atomic E-state index is 12.3. The van der Waals surface area contributed by atoms with Crippen LogP contribution in [0.5, 0.6) is 0 Å². The van der Waals surface area contributed by atoms with Crippen LogP contribution in [0.2, 0.25) is 0 Å². The van der Waals surface area contributed by atoms with E-state index in [-0.39, 0.29) is 35.3 Å². The van der Waals surface area contributed by atoms with Gasteiger partial charge in [-0.3, -0.25) is 4.79 Å². The third kappa shape index (κ3) is 7.32. The van der Waals surface area contributed by atoms with Crippen molar-refractivity contribution in [2.45, 2.75) is 27.7 Å². The molecule has 0 aliphatic carbocycles. The largest absolute Gasteiger partial charge is 0.463 e. The monoisotopic (exact) mass is 441 g/mol. The Morgan fingerprint density at radius 3 is 1.93 bits per heavy atom. The smallest absolute Gasteiger partial charge is 0.348 e. The molecule has 0 aliphatic rings. The lowest BCUT2D eigenvalue weighted by molar-refractivity contribution is -0.143. The van der Waals surface area contributed by atoms with Crippen LogP contribution >= 0.6 is 11.3 Å². The van der Waals surface area contributed by atoms with E-state index in [1.165, 1.54) is 6.92 Å². The Kier molecular flexibility index (Phi) is 10.2. The van der Waals surface area contributed by atoms with Crippen LogP contribution in [-0.2, 0) is 33.3 Å². The van der Waals surface area contributed by atoms with Crippen molar-refractivity contribution in [1.82, 2.24) is 0 Å². The van der Waals surface area contributed by atoms with Gasteiger partial charge in [0.15, 0.2) is 6.61 Å². The van der Waals surface area contributed by atoms with Crippen LogP contribution in [0.1, 0.15) is 46.4 Å². The van der Waals surface area contributed by atoms with Gasteiger partial charge in [0.25, 0.3) is 5.91 Å². The molecular weight excluding hydrogens is 418 g/mol. The molecule has 0 radical (unpaired) electrons. The second-order valence-corrected chi connectivity index (χ2v) is 6.46. The molecule has 0 unspecified atom stereocenters. The highest BCUT2D eigenvalue weighted by atomic mass is 32.1.